The Morgan fingerprint density at radius 2 is 1.58 bits per heavy atom. The molecule has 1 N–H and O–H groups in total. The van der Waals surface area contributed by atoms with E-state index in [4.69, 9.17) is 10.00 Å². The van der Waals surface area contributed by atoms with Gasteiger partial charge in [-0.25, -0.2) is 0 Å². The molecule has 3 fully saturated rings. The Kier molecular flexibility index (Phi) is 3.88. The van der Waals surface area contributed by atoms with Gasteiger partial charge in [0, 0.05) is 5.41 Å². The van der Waals surface area contributed by atoms with Crippen molar-refractivity contribution in [2.75, 3.05) is 6.61 Å². The van der Waals surface area contributed by atoms with Crippen molar-refractivity contribution < 1.29 is 27.4 Å². The van der Waals surface area contributed by atoms with Crippen LogP contribution in [0, 0.1) is 33.5 Å². The van der Waals surface area contributed by atoms with Gasteiger partial charge in [-0.1, -0.05) is 6.92 Å². The summed E-state index contributed by atoms with van der Waals surface area (Å²) in [6.45, 7) is 0.494. The monoisotopic (exact) mass is 368 g/mol. The normalized spacial score (nSPS) is 31.0. The molecule has 3 aliphatic rings. The van der Waals surface area contributed by atoms with E-state index in [2.05, 4.69) is 0 Å². The van der Waals surface area contributed by atoms with Gasteiger partial charge < -0.3 is 9.84 Å². The van der Waals surface area contributed by atoms with E-state index in [0.29, 0.717) is 0 Å². The molecule has 0 heterocycles. The molecule has 4 nitrogen and oxygen atoms in total. The number of fused-ring (bicyclic) bond motifs is 3. The largest absolute Gasteiger partial charge is 0.507 e. The van der Waals surface area contributed by atoms with Gasteiger partial charge in [0.05, 0.1) is 12.0 Å². The lowest BCUT2D eigenvalue weighted by atomic mass is 9.50. The number of phenols is 1. The summed E-state index contributed by atoms with van der Waals surface area (Å²) in [4.78, 5) is 0. The quantitative estimate of drug-likeness (QED) is 0.804. The predicted molar refractivity (Wildman–Crippen MR) is 81.9 cm³/mol. The second-order valence-corrected chi connectivity index (χ2v) is 7.33. The zero-order chi connectivity index (χ0) is 19.4. The molecule has 0 aromatic heterocycles. The van der Waals surface area contributed by atoms with Crippen molar-refractivity contribution in [3.63, 3.8) is 0 Å². The summed E-state index contributed by atoms with van der Waals surface area (Å²) in [6, 6.07) is 5.58. The number of nitrogens with zero attached hydrogens (tertiary/aromatic N) is 2. The van der Waals surface area contributed by atoms with Crippen molar-refractivity contribution in [1.82, 2.24) is 0 Å². The molecule has 0 aliphatic heterocycles. The van der Waals surface area contributed by atoms with Gasteiger partial charge in [-0.3, -0.25) is 0 Å². The summed E-state index contributed by atoms with van der Waals surface area (Å²) in [6.07, 6.45) is -0.305. The van der Waals surface area contributed by atoms with E-state index in [1.165, 1.54) is 6.92 Å². The van der Waals surface area contributed by atoms with E-state index < -0.39 is 35.0 Å². The van der Waals surface area contributed by atoms with Crippen LogP contribution in [-0.2, 0) is 0 Å². The Bertz CT molecular complexity index is 831. The van der Waals surface area contributed by atoms with Crippen LogP contribution in [0.4, 0.5) is 17.6 Å². The fraction of sp³-hybridized carbons (Fsp3) is 0.556. The summed E-state index contributed by atoms with van der Waals surface area (Å²) in [5.74, 6) is -9.02. The maximum absolute atomic E-state index is 14.7. The number of phenolic OH excluding ortho intramolecular Hbond substituents is 1. The first-order valence-electron chi connectivity index (χ1n) is 8.10. The number of halogens is 4. The average Bonchev–Trinajstić information content (AvgIpc) is 2.60. The van der Waals surface area contributed by atoms with Gasteiger partial charge in [-0.05, 0) is 37.8 Å². The molecule has 0 atom stereocenters. The van der Waals surface area contributed by atoms with Crippen molar-refractivity contribution in [2.24, 2.45) is 10.8 Å². The minimum atomic E-state index is -4.24. The molecule has 1 aromatic carbocycles. The molecule has 3 aliphatic carbocycles. The third-order valence-corrected chi connectivity index (χ3v) is 6.00. The Morgan fingerprint density at radius 3 is 2.12 bits per heavy atom. The van der Waals surface area contributed by atoms with Crippen LogP contribution < -0.4 is 4.74 Å². The highest BCUT2D eigenvalue weighted by Gasteiger charge is 2.80. The van der Waals surface area contributed by atoms with Crippen LogP contribution in [0.25, 0.3) is 0 Å². The lowest BCUT2D eigenvalue weighted by Crippen LogP contribution is -2.70. The van der Waals surface area contributed by atoms with E-state index >= 15 is 0 Å². The highest BCUT2D eigenvalue weighted by atomic mass is 19.3. The van der Waals surface area contributed by atoms with Crippen molar-refractivity contribution >= 4 is 0 Å². The molecule has 0 saturated heterocycles. The molecule has 0 radical (unpaired) electrons. The second kappa shape index (κ2) is 5.51. The first kappa shape index (κ1) is 18.3. The third kappa shape index (κ3) is 2.11. The highest BCUT2D eigenvalue weighted by Crippen LogP contribution is 2.70. The van der Waals surface area contributed by atoms with Crippen LogP contribution in [0.5, 0.6) is 11.5 Å². The molecule has 0 amide bonds. The zero-order valence-electron chi connectivity index (χ0n) is 14.0. The summed E-state index contributed by atoms with van der Waals surface area (Å²) in [7, 11) is 0. The van der Waals surface area contributed by atoms with Crippen LogP contribution in [-0.4, -0.2) is 23.6 Å². The first-order chi connectivity index (χ1) is 12.1. The van der Waals surface area contributed by atoms with Crippen LogP contribution in [0.2, 0.25) is 0 Å². The Hall–Kier alpha value is -2.48. The van der Waals surface area contributed by atoms with Gasteiger partial charge in [0.15, 0.2) is 0 Å². The van der Waals surface area contributed by atoms with Crippen LogP contribution in [0.15, 0.2) is 12.1 Å². The van der Waals surface area contributed by atoms with E-state index in [9.17, 15) is 27.9 Å². The molecule has 138 valence electrons. The second-order valence-electron chi connectivity index (χ2n) is 7.33. The first-order valence-corrected chi connectivity index (χ1v) is 8.10. The fourth-order valence-electron chi connectivity index (χ4n) is 3.99. The van der Waals surface area contributed by atoms with Crippen molar-refractivity contribution in [3.05, 3.63) is 23.3 Å². The van der Waals surface area contributed by atoms with Gasteiger partial charge in [0.2, 0.25) is 0 Å². The molecule has 0 spiro atoms. The lowest BCUT2D eigenvalue weighted by molar-refractivity contribution is -0.367. The molecular formula is C18H16F4N2O2. The Balaban J connectivity index is 1.94. The van der Waals surface area contributed by atoms with E-state index in [1.807, 2.05) is 0 Å². The molecule has 1 aromatic rings. The average molecular weight is 368 g/mol. The van der Waals surface area contributed by atoms with Crippen LogP contribution >= 0.6 is 0 Å². The molecule has 3 saturated carbocycles. The molecule has 8 heteroatoms. The topological polar surface area (TPSA) is 77.0 Å². The predicted octanol–water partition coefficient (Wildman–Crippen LogP) is 4.37. The number of alkyl halides is 4. The van der Waals surface area contributed by atoms with Gasteiger partial charge in [0.25, 0.3) is 0 Å². The number of hydrogen-bond acceptors (Lipinski definition) is 4. The van der Waals surface area contributed by atoms with E-state index in [-0.39, 0.29) is 42.6 Å². The number of ether oxygens (including phenoxy) is 1. The Morgan fingerprint density at radius 1 is 1.00 bits per heavy atom. The standard InChI is InChI=1S/C18H16F4N2O2/c1-15-4-6-16(7-5-15,18(21,22)17(15,19)20)10-26-14-3-2-13(25)11(8-23)12(14)9-24/h2-3,25H,4-7,10H2,1H3. The Labute approximate surface area is 147 Å². The number of benzene rings is 1. The minimum absolute atomic E-state index is 0.0386. The van der Waals surface area contributed by atoms with Gasteiger partial charge in [-0.15, -0.1) is 0 Å². The maximum Gasteiger partial charge on any atom is 0.319 e. The minimum Gasteiger partial charge on any atom is -0.507 e. The van der Waals surface area contributed by atoms with Crippen molar-refractivity contribution in [1.29, 1.82) is 10.5 Å². The van der Waals surface area contributed by atoms with Crippen LogP contribution in [0.1, 0.15) is 43.7 Å². The summed E-state index contributed by atoms with van der Waals surface area (Å²) in [5.41, 5.74) is -4.43. The molecule has 2 bridgehead atoms. The number of hydrogen-bond donors (Lipinski definition) is 1. The smallest absolute Gasteiger partial charge is 0.319 e. The van der Waals surface area contributed by atoms with Gasteiger partial charge in [-0.2, -0.15) is 28.1 Å². The van der Waals surface area contributed by atoms with E-state index in [1.54, 1.807) is 12.1 Å². The summed E-state index contributed by atoms with van der Waals surface area (Å²) >= 11 is 0. The molecular weight excluding hydrogens is 352 g/mol. The SMILES string of the molecule is CC12CCC(COc3ccc(O)c(C#N)c3C#N)(CC1)C(F)(F)C2(F)F. The van der Waals surface area contributed by atoms with Crippen LogP contribution in [0.3, 0.4) is 0 Å². The highest BCUT2D eigenvalue weighted by molar-refractivity contribution is 5.60. The number of nitriles is 2. The number of rotatable bonds is 3. The molecule has 4 rings (SSSR count). The van der Waals surface area contributed by atoms with Crippen molar-refractivity contribution in [2.45, 2.75) is 44.5 Å². The third-order valence-electron chi connectivity index (χ3n) is 6.00. The zero-order valence-corrected chi connectivity index (χ0v) is 14.0. The van der Waals surface area contributed by atoms with E-state index in [0.717, 1.165) is 12.1 Å². The summed E-state index contributed by atoms with van der Waals surface area (Å²) < 4.78 is 63.5. The molecule has 26 heavy (non-hydrogen) atoms. The molecule has 0 unspecified atom stereocenters. The van der Waals surface area contributed by atoms with Gasteiger partial charge in [0.1, 0.15) is 34.8 Å². The van der Waals surface area contributed by atoms with Gasteiger partial charge >= 0.3 is 11.8 Å². The maximum atomic E-state index is 14.7. The van der Waals surface area contributed by atoms with Crippen molar-refractivity contribution in [3.8, 4) is 23.6 Å². The number of aromatic hydroxyl groups is 1. The lowest BCUT2D eigenvalue weighted by Gasteiger charge is -2.59. The summed E-state index contributed by atoms with van der Waals surface area (Å²) in [5, 5.41) is 27.8. The fourth-order valence-corrected chi connectivity index (χ4v) is 3.99.